The summed E-state index contributed by atoms with van der Waals surface area (Å²) in [5.74, 6) is 0. The van der Waals surface area contributed by atoms with Crippen LogP contribution in [0.15, 0.2) is 24.3 Å². The van der Waals surface area contributed by atoms with E-state index in [1.165, 1.54) is 0 Å². The van der Waals surface area contributed by atoms with Crippen molar-refractivity contribution in [2.45, 2.75) is 19.9 Å². The van der Waals surface area contributed by atoms with Gasteiger partial charge >= 0.3 is 0 Å². The van der Waals surface area contributed by atoms with Crippen molar-refractivity contribution in [1.82, 2.24) is 4.72 Å². The summed E-state index contributed by atoms with van der Waals surface area (Å²) in [5, 5.41) is 4.87. The molecule has 0 saturated carbocycles. The molecule has 5 heteroatoms. The van der Waals surface area contributed by atoms with E-state index in [4.69, 9.17) is 5.14 Å². The molecule has 0 heterocycles. The summed E-state index contributed by atoms with van der Waals surface area (Å²) in [4.78, 5) is 0. The molecule has 4 nitrogen and oxygen atoms in total. The SMILES string of the molecule is Cc1cccc([C@H](C)NS(N)(=O)=O)c1. The molecule has 14 heavy (non-hydrogen) atoms. The van der Waals surface area contributed by atoms with Gasteiger partial charge in [0.15, 0.2) is 0 Å². The maximum Gasteiger partial charge on any atom is 0.274 e. The zero-order valence-electron chi connectivity index (χ0n) is 8.19. The molecule has 0 aliphatic heterocycles. The first-order chi connectivity index (χ1) is 6.38. The third-order valence-electron chi connectivity index (χ3n) is 1.88. The Hall–Kier alpha value is -0.910. The summed E-state index contributed by atoms with van der Waals surface area (Å²) in [7, 11) is -3.63. The molecule has 1 atom stereocenters. The van der Waals surface area contributed by atoms with E-state index in [0.717, 1.165) is 11.1 Å². The summed E-state index contributed by atoms with van der Waals surface area (Å²) >= 11 is 0. The van der Waals surface area contributed by atoms with Gasteiger partial charge in [0.2, 0.25) is 0 Å². The number of hydrogen-bond donors (Lipinski definition) is 2. The van der Waals surface area contributed by atoms with E-state index in [1.807, 2.05) is 31.2 Å². The summed E-state index contributed by atoms with van der Waals surface area (Å²) in [6, 6.07) is 7.31. The Bertz CT molecular complexity index is 415. The molecule has 0 aliphatic carbocycles. The molecule has 0 aliphatic rings. The van der Waals surface area contributed by atoms with Crippen LogP contribution in [0.25, 0.3) is 0 Å². The Kier molecular flexibility index (Phi) is 3.25. The molecule has 0 saturated heterocycles. The molecule has 1 aromatic rings. The van der Waals surface area contributed by atoms with Crippen molar-refractivity contribution < 1.29 is 8.42 Å². The number of nitrogens with two attached hydrogens (primary N) is 1. The van der Waals surface area contributed by atoms with Crippen molar-refractivity contribution in [3.8, 4) is 0 Å². The van der Waals surface area contributed by atoms with E-state index in [0.29, 0.717) is 0 Å². The van der Waals surface area contributed by atoms with Crippen LogP contribution in [0.2, 0.25) is 0 Å². The average molecular weight is 214 g/mol. The van der Waals surface area contributed by atoms with Gasteiger partial charge in [0, 0.05) is 6.04 Å². The van der Waals surface area contributed by atoms with Crippen LogP contribution in [0.4, 0.5) is 0 Å². The van der Waals surface area contributed by atoms with Crippen molar-refractivity contribution in [3.63, 3.8) is 0 Å². The highest BCUT2D eigenvalue weighted by molar-refractivity contribution is 7.87. The van der Waals surface area contributed by atoms with Crippen LogP contribution in [0.5, 0.6) is 0 Å². The van der Waals surface area contributed by atoms with E-state index in [2.05, 4.69) is 4.72 Å². The lowest BCUT2D eigenvalue weighted by Gasteiger charge is -2.12. The second-order valence-corrected chi connectivity index (χ2v) is 4.62. The van der Waals surface area contributed by atoms with Crippen molar-refractivity contribution in [3.05, 3.63) is 35.4 Å². The second kappa shape index (κ2) is 4.08. The van der Waals surface area contributed by atoms with E-state index < -0.39 is 10.2 Å². The minimum atomic E-state index is -3.63. The number of nitrogens with one attached hydrogen (secondary N) is 1. The smallest absolute Gasteiger partial charge is 0.216 e. The van der Waals surface area contributed by atoms with Gasteiger partial charge in [-0.15, -0.1) is 0 Å². The van der Waals surface area contributed by atoms with Crippen LogP contribution in [-0.2, 0) is 10.2 Å². The van der Waals surface area contributed by atoms with Gasteiger partial charge in [0.05, 0.1) is 0 Å². The Morgan fingerprint density at radius 1 is 1.43 bits per heavy atom. The first-order valence-electron chi connectivity index (χ1n) is 4.25. The molecule has 1 rings (SSSR count). The van der Waals surface area contributed by atoms with Crippen molar-refractivity contribution in [2.24, 2.45) is 5.14 Å². The molecule has 0 radical (unpaired) electrons. The molecule has 0 unspecified atom stereocenters. The monoisotopic (exact) mass is 214 g/mol. The predicted octanol–water partition coefficient (Wildman–Crippen LogP) is 0.849. The lowest BCUT2D eigenvalue weighted by molar-refractivity contribution is 0.568. The van der Waals surface area contributed by atoms with Gasteiger partial charge in [-0.25, -0.2) is 5.14 Å². The number of hydrogen-bond acceptors (Lipinski definition) is 2. The standard InChI is InChI=1S/C9H14N2O2S/c1-7-4-3-5-9(6-7)8(2)11-14(10,12)13/h3-6,8,11H,1-2H3,(H2,10,12,13)/t8-/m0/s1. The zero-order valence-corrected chi connectivity index (χ0v) is 9.01. The van der Waals surface area contributed by atoms with Gasteiger partial charge in [-0.2, -0.15) is 13.1 Å². The summed E-state index contributed by atoms with van der Waals surface area (Å²) in [6.45, 7) is 3.70. The maximum atomic E-state index is 10.8. The first kappa shape index (κ1) is 11.2. The fraction of sp³-hybridized carbons (Fsp3) is 0.333. The molecule has 0 bridgehead atoms. The highest BCUT2D eigenvalue weighted by Crippen LogP contribution is 2.13. The summed E-state index contributed by atoms with van der Waals surface area (Å²) in [5.41, 5.74) is 1.99. The fourth-order valence-corrected chi connectivity index (χ4v) is 1.88. The van der Waals surface area contributed by atoms with E-state index in [9.17, 15) is 8.42 Å². The van der Waals surface area contributed by atoms with Crippen LogP contribution >= 0.6 is 0 Å². The Labute approximate surface area is 84.3 Å². The van der Waals surface area contributed by atoms with Gasteiger partial charge in [-0.1, -0.05) is 29.8 Å². The Morgan fingerprint density at radius 2 is 2.07 bits per heavy atom. The number of benzene rings is 1. The van der Waals surface area contributed by atoms with Crippen molar-refractivity contribution >= 4 is 10.2 Å². The third kappa shape index (κ3) is 3.45. The van der Waals surface area contributed by atoms with Crippen LogP contribution in [-0.4, -0.2) is 8.42 Å². The highest BCUT2D eigenvalue weighted by Gasteiger charge is 2.10. The lowest BCUT2D eigenvalue weighted by Crippen LogP contribution is -2.32. The quantitative estimate of drug-likeness (QED) is 0.783. The van der Waals surface area contributed by atoms with Gasteiger partial charge < -0.3 is 0 Å². The topological polar surface area (TPSA) is 72.2 Å². The predicted molar refractivity (Wildman–Crippen MR) is 55.8 cm³/mol. The van der Waals surface area contributed by atoms with Crippen LogP contribution in [0, 0.1) is 6.92 Å². The normalized spacial score (nSPS) is 13.9. The second-order valence-electron chi connectivity index (χ2n) is 3.30. The molecule has 3 N–H and O–H groups in total. The van der Waals surface area contributed by atoms with Gasteiger partial charge in [0.25, 0.3) is 10.2 Å². The fourth-order valence-electron chi connectivity index (χ4n) is 1.25. The largest absolute Gasteiger partial charge is 0.274 e. The number of rotatable bonds is 3. The zero-order chi connectivity index (χ0) is 10.8. The van der Waals surface area contributed by atoms with Crippen LogP contribution in [0.3, 0.4) is 0 Å². The van der Waals surface area contributed by atoms with Gasteiger partial charge in [-0.05, 0) is 19.4 Å². The van der Waals surface area contributed by atoms with Gasteiger partial charge in [-0.3, -0.25) is 0 Å². The lowest BCUT2D eigenvalue weighted by atomic mass is 10.1. The van der Waals surface area contributed by atoms with E-state index in [1.54, 1.807) is 6.92 Å². The molecule has 78 valence electrons. The minimum absolute atomic E-state index is 0.301. The number of aryl methyl sites for hydroxylation is 1. The highest BCUT2D eigenvalue weighted by atomic mass is 32.2. The van der Waals surface area contributed by atoms with E-state index >= 15 is 0 Å². The minimum Gasteiger partial charge on any atom is -0.216 e. The van der Waals surface area contributed by atoms with E-state index in [-0.39, 0.29) is 6.04 Å². The summed E-state index contributed by atoms with van der Waals surface area (Å²) in [6.07, 6.45) is 0. The first-order valence-corrected chi connectivity index (χ1v) is 5.80. The Balaban J connectivity index is 2.85. The summed E-state index contributed by atoms with van der Waals surface area (Å²) < 4.78 is 23.8. The average Bonchev–Trinajstić information content (AvgIpc) is 2.01. The van der Waals surface area contributed by atoms with Crippen molar-refractivity contribution in [1.29, 1.82) is 0 Å². The van der Waals surface area contributed by atoms with Crippen molar-refractivity contribution in [2.75, 3.05) is 0 Å². The molecular formula is C9H14N2O2S. The maximum absolute atomic E-state index is 10.8. The molecule has 1 aromatic carbocycles. The molecular weight excluding hydrogens is 200 g/mol. The molecule has 0 aromatic heterocycles. The molecule has 0 amide bonds. The third-order valence-corrected chi connectivity index (χ3v) is 2.57. The van der Waals surface area contributed by atoms with Gasteiger partial charge in [0.1, 0.15) is 0 Å². The molecule has 0 spiro atoms. The van der Waals surface area contributed by atoms with Crippen LogP contribution in [0.1, 0.15) is 24.1 Å². The van der Waals surface area contributed by atoms with Crippen LogP contribution < -0.4 is 9.86 Å². The molecule has 0 fully saturated rings. The Morgan fingerprint density at radius 3 is 2.57 bits per heavy atom.